The van der Waals surface area contributed by atoms with Gasteiger partial charge in [0.15, 0.2) is 5.96 Å². The zero-order chi connectivity index (χ0) is 17.9. The molecular weight excluding hydrogens is 312 g/mol. The Morgan fingerprint density at radius 1 is 1.08 bits per heavy atom. The number of guanidine groups is 1. The van der Waals surface area contributed by atoms with E-state index >= 15 is 0 Å². The Labute approximate surface area is 150 Å². The molecule has 0 aliphatic rings. The molecule has 5 nitrogen and oxygen atoms in total. The predicted molar refractivity (Wildman–Crippen MR) is 106 cm³/mol. The summed E-state index contributed by atoms with van der Waals surface area (Å²) in [5.41, 5.74) is 2.33. The molecule has 0 saturated carbocycles. The highest BCUT2D eigenvalue weighted by Crippen LogP contribution is 2.13. The molecule has 5 heteroatoms. The third-order valence-corrected chi connectivity index (χ3v) is 3.83. The van der Waals surface area contributed by atoms with Gasteiger partial charge < -0.3 is 20.3 Å². The van der Waals surface area contributed by atoms with E-state index in [9.17, 15) is 0 Å². The van der Waals surface area contributed by atoms with Crippen molar-refractivity contribution in [3.63, 3.8) is 0 Å². The van der Waals surface area contributed by atoms with Crippen LogP contribution < -0.4 is 20.3 Å². The first-order valence-electron chi connectivity index (χ1n) is 8.64. The smallest absolute Gasteiger partial charge is 0.191 e. The number of aliphatic imine (C=N–C) groups is 1. The third kappa shape index (κ3) is 6.37. The van der Waals surface area contributed by atoms with Gasteiger partial charge >= 0.3 is 0 Å². The van der Waals surface area contributed by atoms with Crippen molar-refractivity contribution in [1.82, 2.24) is 10.6 Å². The maximum absolute atomic E-state index is 5.26. The minimum absolute atomic E-state index is 0.612. The molecule has 0 fully saturated rings. The molecule has 134 valence electrons. The quantitative estimate of drug-likeness (QED) is 0.573. The molecule has 0 heterocycles. The zero-order valence-corrected chi connectivity index (χ0v) is 15.3. The monoisotopic (exact) mass is 340 g/mol. The van der Waals surface area contributed by atoms with Crippen LogP contribution in [0.2, 0.25) is 0 Å². The van der Waals surface area contributed by atoms with Gasteiger partial charge in [0.05, 0.1) is 13.7 Å². The lowest BCUT2D eigenvalue weighted by atomic mass is 10.2. The highest BCUT2D eigenvalue weighted by molar-refractivity contribution is 5.79. The molecule has 2 aromatic carbocycles. The maximum Gasteiger partial charge on any atom is 0.191 e. The number of benzene rings is 2. The van der Waals surface area contributed by atoms with Crippen LogP contribution in [-0.2, 0) is 6.54 Å². The van der Waals surface area contributed by atoms with Crippen LogP contribution in [0.4, 0.5) is 5.69 Å². The molecule has 2 aromatic rings. The fourth-order valence-corrected chi connectivity index (χ4v) is 2.44. The van der Waals surface area contributed by atoms with E-state index in [2.05, 4.69) is 64.8 Å². The number of likely N-dealkylation sites (N-methyl/N-ethyl adjacent to an activating group) is 1. The van der Waals surface area contributed by atoms with Crippen molar-refractivity contribution in [3.8, 4) is 5.75 Å². The molecule has 0 aliphatic heterocycles. The lowest BCUT2D eigenvalue weighted by Gasteiger charge is -2.20. The van der Waals surface area contributed by atoms with Gasteiger partial charge in [-0.2, -0.15) is 0 Å². The summed E-state index contributed by atoms with van der Waals surface area (Å²) in [4.78, 5) is 6.87. The topological polar surface area (TPSA) is 48.9 Å². The van der Waals surface area contributed by atoms with Crippen molar-refractivity contribution in [2.24, 2.45) is 4.99 Å². The van der Waals surface area contributed by atoms with Crippen molar-refractivity contribution in [2.75, 3.05) is 38.7 Å². The van der Waals surface area contributed by atoms with E-state index in [4.69, 9.17) is 4.74 Å². The van der Waals surface area contributed by atoms with Gasteiger partial charge in [-0.3, -0.25) is 0 Å². The lowest BCUT2D eigenvalue weighted by molar-refractivity contribution is 0.414. The first-order chi connectivity index (χ1) is 12.2. The summed E-state index contributed by atoms with van der Waals surface area (Å²) in [7, 11) is 3.77. The molecule has 0 unspecified atom stereocenters. The van der Waals surface area contributed by atoms with Crippen LogP contribution >= 0.6 is 0 Å². The fraction of sp³-hybridized carbons (Fsp3) is 0.350. The van der Waals surface area contributed by atoms with E-state index in [1.807, 2.05) is 24.3 Å². The third-order valence-electron chi connectivity index (χ3n) is 3.83. The summed E-state index contributed by atoms with van der Waals surface area (Å²) >= 11 is 0. The summed E-state index contributed by atoms with van der Waals surface area (Å²) in [6.07, 6.45) is 0. The van der Waals surface area contributed by atoms with E-state index in [0.717, 1.165) is 36.9 Å². The number of hydrogen-bond acceptors (Lipinski definition) is 3. The Hall–Kier alpha value is -2.69. The molecule has 0 amide bonds. The molecule has 25 heavy (non-hydrogen) atoms. The van der Waals surface area contributed by atoms with Crippen molar-refractivity contribution < 1.29 is 4.74 Å². The summed E-state index contributed by atoms with van der Waals surface area (Å²) in [5, 5.41) is 6.67. The van der Waals surface area contributed by atoms with Crippen LogP contribution in [0, 0.1) is 0 Å². The highest BCUT2D eigenvalue weighted by atomic mass is 16.5. The Balaban J connectivity index is 1.87. The van der Waals surface area contributed by atoms with Crippen molar-refractivity contribution in [1.29, 1.82) is 0 Å². The molecule has 0 saturated heterocycles. The van der Waals surface area contributed by atoms with Crippen LogP contribution in [0.15, 0.2) is 59.6 Å². The second-order valence-electron chi connectivity index (χ2n) is 5.73. The number of nitrogens with one attached hydrogen (secondary N) is 2. The number of rotatable bonds is 8. The predicted octanol–water partition coefficient (Wildman–Crippen LogP) is 2.89. The Bertz CT molecular complexity index is 658. The molecular formula is C20H28N4O. The minimum atomic E-state index is 0.612. The normalized spacial score (nSPS) is 11.1. The molecule has 2 N–H and O–H groups in total. The second kappa shape index (κ2) is 10.2. The first-order valence-corrected chi connectivity index (χ1v) is 8.64. The first kappa shape index (κ1) is 18.6. The number of methoxy groups -OCH3 is 1. The molecule has 0 aliphatic carbocycles. The average molecular weight is 340 g/mol. The van der Waals surface area contributed by atoms with Gasteiger partial charge in [-0.05, 0) is 36.8 Å². The van der Waals surface area contributed by atoms with E-state index < -0.39 is 0 Å². The van der Waals surface area contributed by atoms with Gasteiger partial charge in [0.25, 0.3) is 0 Å². The molecule has 0 radical (unpaired) electrons. The molecule has 0 bridgehead atoms. The Kier molecular flexibility index (Phi) is 7.63. The standard InChI is InChI=1S/C20H28N4O/c1-4-21-20(23-16-17-9-8-12-19(15-17)25-3)22-13-14-24(2)18-10-6-5-7-11-18/h5-12,15H,4,13-14,16H2,1-3H3,(H2,21,22,23). The Morgan fingerprint density at radius 3 is 2.60 bits per heavy atom. The maximum atomic E-state index is 5.26. The van der Waals surface area contributed by atoms with Gasteiger partial charge in [0.2, 0.25) is 0 Å². The minimum Gasteiger partial charge on any atom is -0.497 e. The van der Waals surface area contributed by atoms with Crippen molar-refractivity contribution in [2.45, 2.75) is 13.5 Å². The van der Waals surface area contributed by atoms with E-state index in [1.165, 1.54) is 5.69 Å². The van der Waals surface area contributed by atoms with Crippen molar-refractivity contribution >= 4 is 11.6 Å². The van der Waals surface area contributed by atoms with Crippen molar-refractivity contribution in [3.05, 3.63) is 60.2 Å². The number of hydrogen-bond donors (Lipinski definition) is 2. The van der Waals surface area contributed by atoms with E-state index in [-0.39, 0.29) is 0 Å². The van der Waals surface area contributed by atoms with Crippen LogP contribution in [0.25, 0.3) is 0 Å². The highest BCUT2D eigenvalue weighted by Gasteiger charge is 2.02. The molecule has 0 spiro atoms. The summed E-state index contributed by atoms with van der Waals surface area (Å²) in [5.74, 6) is 1.68. The molecule has 0 atom stereocenters. The van der Waals surface area contributed by atoms with Crippen LogP contribution in [0.1, 0.15) is 12.5 Å². The number of ether oxygens (including phenoxy) is 1. The van der Waals surface area contributed by atoms with Crippen LogP contribution in [0.3, 0.4) is 0 Å². The van der Waals surface area contributed by atoms with Gasteiger partial charge in [-0.25, -0.2) is 4.99 Å². The SMILES string of the molecule is CCNC(=NCc1cccc(OC)c1)NCCN(C)c1ccccc1. The molecule has 0 aromatic heterocycles. The zero-order valence-electron chi connectivity index (χ0n) is 15.3. The van der Waals surface area contributed by atoms with E-state index in [1.54, 1.807) is 7.11 Å². The summed E-state index contributed by atoms with van der Waals surface area (Å²) < 4.78 is 5.26. The lowest BCUT2D eigenvalue weighted by Crippen LogP contribution is -2.41. The number of anilines is 1. The number of para-hydroxylation sites is 1. The average Bonchev–Trinajstić information content (AvgIpc) is 2.66. The van der Waals surface area contributed by atoms with Gasteiger partial charge in [-0.1, -0.05) is 30.3 Å². The van der Waals surface area contributed by atoms with E-state index in [0.29, 0.717) is 6.54 Å². The van der Waals surface area contributed by atoms with Gasteiger partial charge in [0.1, 0.15) is 5.75 Å². The Morgan fingerprint density at radius 2 is 1.88 bits per heavy atom. The summed E-state index contributed by atoms with van der Waals surface area (Å²) in [6, 6.07) is 18.4. The second-order valence-corrected chi connectivity index (χ2v) is 5.73. The number of nitrogens with zero attached hydrogens (tertiary/aromatic N) is 2. The largest absolute Gasteiger partial charge is 0.497 e. The van der Waals surface area contributed by atoms with Crippen LogP contribution in [-0.4, -0.2) is 39.8 Å². The van der Waals surface area contributed by atoms with Gasteiger partial charge in [0, 0.05) is 32.4 Å². The van der Waals surface area contributed by atoms with Crippen LogP contribution in [0.5, 0.6) is 5.75 Å². The summed E-state index contributed by atoms with van der Waals surface area (Å²) in [6.45, 7) is 5.22. The van der Waals surface area contributed by atoms with Gasteiger partial charge in [-0.15, -0.1) is 0 Å². The molecule has 2 rings (SSSR count). The fourth-order valence-electron chi connectivity index (χ4n) is 2.44.